The van der Waals surface area contributed by atoms with Crippen LogP contribution in [0.15, 0.2) is 77.9 Å². The summed E-state index contributed by atoms with van der Waals surface area (Å²) < 4.78 is 5.71. The molecule has 2 N–H and O–H groups in total. The summed E-state index contributed by atoms with van der Waals surface area (Å²) in [4.78, 5) is 19.5. The van der Waals surface area contributed by atoms with E-state index >= 15 is 0 Å². The summed E-state index contributed by atoms with van der Waals surface area (Å²) in [5.41, 5.74) is 3.16. The molecule has 2 aromatic carbocycles. The molecule has 0 aliphatic heterocycles. The number of amidine groups is 1. The van der Waals surface area contributed by atoms with Crippen molar-refractivity contribution in [2.75, 3.05) is 0 Å². The summed E-state index contributed by atoms with van der Waals surface area (Å²) in [5, 5.41) is 9.35. The van der Waals surface area contributed by atoms with Crippen molar-refractivity contribution in [1.29, 1.82) is 0 Å². The van der Waals surface area contributed by atoms with Gasteiger partial charge in [-0.05, 0) is 48.5 Å². The van der Waals surface area contributed by atoms with E-state index in [1.807, 2.05) is 35.8 Å². The van der Waals surface area contributed by atoms with E-state index in [1.54, 1.807) is 36.4 Å². The van der Waals surface area contributed by atoms with Gasteiger partial charge in [0.15, 0.2) is 12.1 Å². The lowest BCUT2D eigenvalue weighted by Crippen LogP contribution is -2.22. The van der Waals surface area contributed by atoms with Gasteiger partial charge in [-0.3, -0.25) is 20.5 Å². The number of ether oxygens (including phenoxy) is 1. The molecule has 0 unspecified atom stereocenters. The van der Waals surface area contributed by atoms with Gasteiger partial charge in [-0.2, -0.15) is 0 Å². The minimum Gasteiger partial charge on any atom is -0.457 e. The summed E-state index contributed by atoms with van der Waals surface area (Å²) in [6.07, 6.45) is 2.18. The van der Waals surface area contributed by atoms with Crippen LogP contribution in [0.3, 0.4) is 0 Å². The minimum atomic E-state index is 0.0828. The van der Waals surface area contributed by atoms with Crippen molar-refractivity contribution < 1.29 is 14.7 Å². The summed E-state index contributed by atoms with van der Waals surface area (Å²) >= 11 is 0. The lowest BCUT2D eigenvalue weighted by Gasteiger charge is -2.07. The van der Waals surface area contributed by atoms with E-state index in [2.05, 4.69) is 9.98 Å². The van der Waals surface area contributed by atoms with Crippen LogP contribution in [0.25, 0.3) is 0 Å². The Balaban J connectivity index is 1.83. The van der Waals surface area contributed by atoms with Crippen LogP contribution >= 0.6 is 0 Å². The number of pyridine rings is 1. The minimum absolute atomic E-state index is 0.0828. The second kappa shape index (κ2) is 7.85. The van der Waals surface area contributed by atoms with Gasteiger partial charge in [0, 0.05) is 11.8 Å². The van der Waals surface area contributed by atoms with E-state index in [4.69, 9.17) is 4.74 Å². The summed E-state index contributed by atoms with van der Waals surface area (Å²) in [5.74, 6) is 1.48. The highest BCUT2D eigenvalue weighted by atomic mass is 16.5. The third kappa shape index (κ3) is 4.07. The number of para-hydroxylation sites is 1. The van der Waals surface area contributed by atoms with Crippen molar-refractivity contribution in [2.45, 2.75) is 0 Å². The molecule has 6 heteroatoms. The van der Waals surface area contributed by atoms with Crippen LogP contribution in [0.2, 0.25) is 0 Å². The molecule has 0 aliphatic carbocycles. The normalized spacial score (nSPS) is 11.0. The number of hydrogen-bond donors (Lipinski definition) is 2. The van der Waals surface area contributed by atoms with Gasteiger partial charge in [0.05, 0.1) is 5.69 Å². The molecular formula is C19H15N3O3. The molecule has 6 nitrogen and oxygen atoms in total. The smallest absolute Gasteiger partial charge is 0.177 e. The Hall–Kier alpha value is -3.51. The molecular weight excluding hydrogens is 318 g/mol. The van der Waals surface area contributed by atoms with Gasteiger partial charge in [0.1, 0.15) is 17.2 Å². The van der Waals surface area contributed by atoms with Gasteiger partial charge in [0.25, 0.3) is 0 Å². The van der Waals surface area contributed by atoms with Gasteiger partial charge in [-0.25, -0.2) is 4.99 Å². The molecule has 0 fully saturated rings. The number of carbonyl (C=O) groups is 1. The molecule has 1 aromatic heterocycles. The van der Waals surface area contributed by atoms with E-state index in [1.165, 1.54) is 6.20 Å². The maximum Gasteiger partial charge on any atom is 0.177 e. The number of aliphatic imine (C=N–C) groups is 1. The standard InChI is InChI=1S/C19H15N3O3/c23-13-14-5-4-12-20-18(14)19(22-24)21-15-8-10-17(11-9-15)25-16-6-2-1-3-7-16/h1-13,24H,(H,21,22). The van der Waals surface area contributed by atoms with Crippen molar-refractivity contribution in [3.63, 3.8) is 0 Å². The number of nitrogens with zero attached hydrogens (tertiary/aromatic N) is 2. The number of carbonyl (C=O) groups excluding carboxylic acids is 1. The number of hydroxylamine groups is 1. The maximum absolute atomic E-state index is 11.1. The number of aldehydes is 1. The number of benzene rings is 2. The van der Waals surface area contributed by atoms with Crippen molar-refractivity contribution in [2.24, 2.45) is 4.99 Å². The first-order valence-electron chi connectivity index (χ1n) is 7.52. The molecule has 1 heterocycles. The third-order valence-corrected chi connectivity index (χ3v) is 3.35. The molecule has 0 saturated carbocycles. The van der Waals surface area contributed by atoms with Crippen molar-refractivity contribution in [3.8, 4) is 11.5 Å². The maximum atomic E-state index is 11.1. The predicted molar refractivity (Wildman–Crippen MR) is 93.7 cm³/mol. The van der Waals surface area contributed by atoms with Crippen LogP contribution in [0.4, 0.5) is 5.69 Å². The largest absolute Gasteiger partial charge is 0.457 e. The fourth-order valence-electron chi connectivity index (χ4n) is 2.18. The van der Waals surface area contributed by atoms with E-state index in [-0.39, 0.29) is 11.5 Å². The number of hydrogen-bond acceptors (Lipinski definition) is 5. The van der Waals surface area contributed by atoms with E-state index in [0.29, 0.717) is 23.3 Å². The molecule has 3 aromatic rings. The first-order chi connectivity index (χ1) is 12.3. The van der Waals surface area contributed by atoms with Crippen LogP contribution in [-0.2, 0) is 0 Å². The Bertz CT molecular complexity index is 878. The second-order valence-corrected chi connectivity index (χ2v) is 5.04. The molecule has 0 spiro atoms. The zero-order valence-electron chi connectivity index (χ0n) is 13.2. The second-order valence-electron chi connectivity index (χ2n) is 5.04. The molecule has 0 bridgehead atoms. The molecule has 0 saturated heterocycles. The summed E-state index contributed by atoms with van der Waals surface area (Å²) in [7, 11) is 0. The SMILES string of the molecule is O=Cc1cccnc1C(=Nc1ccc(Oc2ccccc2)cc1)NO. The van der Waals surface area contributed by atoms with Gasteiger partial charge in [-0.15, -0.1) is 0 Å². The fourth-order valence-corrected chi connectivity index (χ4v) is 2.18. The lowest BCUT2D eigenvalue weighted by molar-refractivity contribution is 0.112. The topological polar surface area (TPSA) is 83.8 Å². The number of nitrogens with one attached hydrogen (secondary N) is 1. The quantitative estimate of drug-likeness (QED) is 0.321. The molecule has 124 valence electrons. The highest BCUT2D eigenvalue weighted by Crippen LogP contribution is 2.24. The van der Waals surface area contributed by atoms with Gasteiger partial charge >= 0.3 is 0 Å². The first kappa shape index (κ1) is 16.4. The average Bonchev–Trinajstić information content (AvgIpc) is 2.68. The summed E-state index contributed by atoms with van der Waals surface area (Å²) in [6, 6.07) is 19.7. The zero-order valence-corrected chi connectivity index (χ0v) is 13.2. The Morgan fingerprint density at radius 1 is 1.00 bits per heavy atom. The molecule has 0 amide bonds. The highest BCUT2D eigenvalue weighted by molar-refractivity contribution is 6.03. The Morgan fingerprint density at radius 3 is 2.40 bits per heavy atom. The van der Waals surface area contributed by atoms with Gasteiger partial charge in [-0.1, -0.05) is 18.2 Å². The van der Waals surface area contributed by atoms with E-state index in [9.17, 15) is 10.0 Å². The van der Waals surface area contributed by atoms with Crippen molar-refractivity contribution >= 4 is 17.8 Å². The fraction of sp³-hybridized carbons (Fsp3) is 0. The van der Waals surface area contributed by atoms with Gasteiger partial charge < -0.3 is 4.74 Å². The van der Waals surface area contributed by atoms with E-state index in [0.717, 1.165) is 5.75 Å². The molecule has 0 radical (unpaired) electrons. The predicted octanol–water partition coefficient (Wildman–Crippen LogP) is 3.74. The number of aromatic nitrogens is 1. The highest BCUT2D eigenvalue weighted by Gasteiger charge is 2.10. The molecule has 0 atom stereocenters. The monoisotopic (exact) mass is 333 g/mol. The first-order valence-corrected chi connectivity index (χ1v) is 7.52. The Labute approximate surface area is 144 Å². The summed E-state index contributed by atoms with van der Waals surface area (Å²) in [6.45, 7) is 0. The van der Waals surface area contributed by atoms with E-state index < -0.39 is 0 Å². The van der Waals surface area contributed by atoms with Crippen LogP contribution in [0.5, 0.6) is 11.5 Å². The molecule has 25 heavy (non-hydrogen) atoms. The molecule has 0 aliphatic rings. The van der Waals surface area contributed by atoms with Gasteiger partial charge in [0.2, 0.25) is 0 Å². The molecule has 3 rings (SSSR count). The van der Waals surface area contributed by atoms with Crippen LogP contribution in [0, 0.1) is 0 Å². The Kier molecular flexibility index (Phi) is 5.13. The van der Waals surface area contributed by atoms with Crippen LogP contribution in [-0.4, -0.2) is 22.3 Å². The third-order valence-electron chi connectivity index (χ3n) is 3.35. The van der Waals surface area contributed by atoms with Crippen LogP contribution in [0.1, 0.15) is 16.1 Å². The zero-order chi connectivity index (χ0) is 17.5. The lowest BCUT2D eigenvalue weighted by atomic mass is 10.2. The number of rotatable bonds is 5. The van der Waals surface area contributed by atoms with Crippen molar-refractivity contribution in [1.82, 2.24) is 10.5 Å². The Morgan fingerprint density at radius 2 is 1.72 bits per heavy atom. The average molecular weight is 333 g/mol. The van der Waals surface area contributed by atoms with Crippen molar-refractivity contribution in [3.05, 3.63) is 84.2 Å². The van der Waals surface area contributed by atoms with Crippen LogP contribution < -0.4 is 10.2 Å².